The number of rotatable bonds is 14. The van der Waals surface area contributed by atoms with Gasteiger partial charge in [-0.1, -0.05) is 279 Å². The summed E-state index contributed by atoms with van der Waals surface area (Å²) in [6.45, 7) is 0. The monoisotopic (exact) mass is 1480 g/mol. The lowest BCUT2D eigenvalue weighted by Gasteiger charge is -2.30. The van der Waals surface area contributed by atoms with Gasteiger partial charge in [0.15, 0.2) is 11.2 Å². The Hall–Kier alpha value is -15.6. The Bertz CT molecular complexity index is 7390. The van der Waals surface area contributed by atoms with Gasteiger partial charge >= 0.3 is 0 Å². The summed E-state index contributed by atoms with van der Waals surface area (Å²) in [5, 5.41) is 20.8. The van der Waals surface area contributed by atoms with Gasteiger partial charge in [-0.2, -0.15) is 0 Å². The van der Waals surface area contributed by atoms with Crippen LogP contribution in [0.3, 0.4) is 0 Å². The van der Waals surface area contributed by atoms with E-state index in [1.807, 2.05) is 24.3 Å². The van der Waals surface area contributed by atoms with Gasteiger partial charge in [0, 0.05) is 87.7 Å². The normalized spacial score (nSPS) is 11.8. The molecule has 0 aliphatic carbocycles. The van der Waals surface area contributed by atoms with Crippen LogP contribution in [-0.2, 0) is 0 Å². The fourth-order valence-electron chi connectivity index (χ4n) is 18.1. The Kier molecular flexibility index (Phi) is 15.5. The Morgan fingerprint density at radius 1 is 0.155 bits per heavy atom. The maximum Gasteiger partial charge on any atom is 0.159 e. The summed E-state index contributed by atoms with van der Waals surface area (Å²) in [5.74, 6) is 1.69. The number of hydrogen-bond donors (Lipinski definition) is 0. The minimum Gasteiger partial charge on any atom is -0.456 e. The van der Waals surface area contributed by atoms with Gasteiger partial charge in [-0.3, -0.25) is 0 Å². The molecule has 4 heterocycles. The summed E-state index contributed by atoms with van der Waals surface area (Å²) < 4.78 is 26.4. The van der Waals surface area contributed by atoms with Gasteiger partial charge < -0.3 is 37.3 Å². The van der Waals surface area contributed by atoms with E-state index in [2.05, 4.69) is 408 Å². The topological polar surface area (TPSA) is 65.5 Å². The second-order valence-corrected chi connectivity index (χ2v) is 29.7. The van der Waals surface area contributed by atoms with Gasteiger partial charge in [0.05, 0.1) is 45.5 Å². The third kappa shape index (κ3) is 10.8. The molecule has 0 aliphatic heterocycles. The first-order valence-corrected chi connectivity index (χ1v) is 39.4. The minimum atomic E-state index is 0.846. The van der Waals surface area contributed by atoms with Gasteiger partial charge in [0.2, 0.25) is 0 Å². The maximum atomic E-state index is 6.67. The molecule has 0 radical (unpaired) electrons. The lowest BCUT2D eigenvalue weighted by molar-refractivity contribution is 0.631. The predicted octanol–water partition coefficient (Wildman–Crippen LogP) is 31.7. The van der Waals surface area contributed by atoms with Crippen LogP contribution in [0.5, 0.6) is 0 Å². The van der Waals surface area contributed by atoms with Crippen molar-refractivity contribution >= 4 is 199 Å². The van der Waals surface area contributed by atoms with Crippen molar-refractivity contribution in [1.82, 2.24) is 0 Å². The highest BCUT2D eigenvalue weighted by Gasteiger charge is 2.30. The van der Waals surface area contributed by atoms with E-state index in [0.29, 0.717) is 0 Å². The van der Waals surface area contributed by atoms with Crippen LogP contribution in [0, 0.1) is 0 Å². The van der Waals surface area contributed by atoms with E-state index < -0.39 is 0 Å². The quantitative estimate of drug-likeness (QED) is 0.0998. The average Bonchev–Trinajstić information content (AvgIpc) is 1.13. The highest BCUT2D eigenvalue weighted by Crippen LogP contribution is 2.55. The summed E-state index contributed by atoms with van der Waals surface area (Å²) in [5.41, 5.74) is 20.0. The second kappa shape index (κ2) is 27.1. The molecule has 20 aromatic carbocycles. The Morgan fingerprint density at radius 2 is 0.431 bits per heavy atom. The zero-order chi connectivity index (χ0) is 76.3. The van der Waals surface area contributed by atoms with Crippen LogP contribution in [0.4, 0.5) is 68.2 Å². The van der Waals surface area contributed by atoms with Gasteiger partial charge in [0.25, 0.3) is 0 Å². The minimum absolute atomic E-state index is 0.846. The molecule has 0 aliphatic rings. The van der Waals surface area contributed by atoms with E-state index >= 15 is 0 Å². The second-order valence-electron chi connectivity index (χ2n) is 29.7. The van der Waals surface area contributed by atoms with Crippen molar-refractivity contribution in [3.63, 3.8) is 0 Å². The van der Waals surface area contributed by atoms with Crippen LogP contribution in [0.25, 0.3) is 153 Å². The molecule has 24 aromatic rings. The first kappa shape index (κ1) is 66.2. The highest BCUT2D eigenvalue weighted by molar-refractivity contribution is 6.32. The van der Waals surface area contributed by atoms with E-state index in [-0.39, 0.29) is 0 Å². The lowest BCUT2D eigenvalue weighted by Crippen LogP contribution is -2.12. The van der Waals surface area contributed by atoms with Crippen LogP contribution in [0.2, 0.25) is 0 Å². The van der Waals surface area contributed by atoms with Crippen molar-refractivity contribution in [3.05, 3.63) is 413 Å². The molecule has 0 saturated heterocycles. The molecule has 116 heavy (non-hydrogen) atoms. The first-order chi connectivity index (χ1) is 57.6. The van der Waals surface area contributed by atoms with E-state index in [1.165, 1.54) is 53.9 Å². The van der Waals surface area contributed by atoms with Crippen molar-refractivity contribution in [2.24, 2.45) is 0 Å². The van der Waals surface area contributed by atoms with Crippen molar-refractivity contribution in [1.29, 1.82) is 0 Å². The van der Waals surface area contributed by atoms with Gasteiger partial charge in [0.1, 0.15) is 33.9 Å². The SMILES string of the molecule is c1ccc(-c2cc3c(N(c4ccccc4)c4ccc5ccc6c(N(c7ccccc7)c7cccc8oc(-c9ccccc9)cc78)ccc7ccc4c5c76)cccc3o2)cc1.c1ccc(N(c2cc3cccc4c(N(c5ccccc5)c5cccc6c5oc5ccccc56)cc5cccc2c5c34)c2cccc3c2oc2ccccc23)cc1. The summed E-state index contributed by atoms with van der Waals surface area (Å²) in [6, 6.07) is 146. The van der Waals surface area contributed by atoms with Crippen molar-refractivity contribution in [3.8, 4) is 22.6 Å². The number of anilines is 12. The molecule has 8 nitrogen and oxygen atoms in total. The molecule has 24 rings (SSSR count). The van der Waals surface area contributed by atoms with Crippen LogP contribution in [0.15, 0.2) is 430 Å². The lowest BCUT2D eigenvalue weighted by atomic mass is 9.91. The largest absolute Gasteiger partial charge is 0.456 e. The summed E-state index contributed by atoms with van der Waals surface area (Å²) >= 11 is 0. The zero-order valence-electron chi connectivity index (χ0n) is 62.7. The van der Waals surface area contributed by atoms with Crippen LogP contribution in [0.1, 0.15) is 0 Å². The molecule has 0 unspecified atom stereocenters. The molecule has 0 atom stereocenters. The van der Waals surface area contributed by atoms with Gasteiger partial charge in [-0.25, -0.2) is 0 Å². The summed E-state index contributed by atoms with van der Waals surface area (Å²) in [4.78, 5) is 9.51. The van der Waals surface area contributed by atoms with Crippen molar-refractivity contribution in [2.45, 2.75) is 0 Å². The number of nitrogens with zero attached hydrogens (tertiary/aromatic N) is 4. The van der Waals surface area contributed by atoms with Gasteiger partial charge in [-0.05, 0) is 177 Å². The zero-order valence-corrected chi connectivity index (χ0v) is 62.7. The number of fused-ring (bicyclic) bond motifs is 8. The molecule has 0 fully saturated rings. The summed E-state index contributed by atoms with van der Waals surface area (Å²) in [6.07, 6.45) is 0. The third-order valence-electron chi connectivity index (χ3n) is 23.1. The number of benzene rings is 20. The summed E-state index contributed by atoms with van der Waals surface area (Å²) in [7, 11) is 0. The van der Waals surface area contributed by atoms with Crippen molar-refractivity contribution in [2.75, 3.05) is 19.6 Å². The predicted molar refractivity (Wildman–Crippen MR) is 484 cm³/mol. The average molecular weight is 1490 g/mol. The third-order valence-corrected chi connectivity index (χ3v) is 23.1. The van der Waals surface area contributed by atoms with E-state index in [0.717, 1.165) is 167 Å². The molecule has 0 N–H and O–H groups in total. The number of furan rings is 4. The first-order valence-electron chi connectivity index (χ1n) is 39.4. The number of para-hydroxylation sites is 8. The molecular weight excluding hydrogens is 1420 g/mol. The Morgan fingerprint density at radius 3 is 0.836 bits per heavy atom. The smallest absolute Gasteiger partial charge is 0.159 e. The fourth-order valence-corrected chi connectivity index (χ4v) is 18.1. The molecular formula is C108H68N4O4. The van der Waals surface area contributed by atoms with Crippen LogP contribution < -0.4 is 19.6 Å². The van der Waals surface area contributed by atoms with Crippen LogP contribution in [-0.4, -0.2) is 0 Å². The van der Waals surface area contributed by atoms with E-state index in [4.69, 9.17) is 17.7 Å². The van der Waals surface area contributed by atoms with Crippen molar-refractivity contribution < 1.29 is 17.7 Å². The van der Waals surface area contributed by atoms with E-state index in [1.54, 1.807) is 0 Å². The molecule has 0 saturated carbocycles. The standard InChI is InChI=1S/C56H36N2O2.C52H32N2O2/c1-5-15-37(16-6-1)53-35-45-47(23-13-25-51(45)59-53)57(41-19-9-3-10-20-41)49-33-29-39-28-32-44-50(34-30-40-27-31-43(49)55(39)56(40)44)58(42-21-11-4-12-22-42)48-24-14-26-52-46(48)36-54(60-52)38-17-7-2-8-18-38;1-3-17-35(18-4-1)53(43-27-13-23-39-37-21-7-9-29-47(37)55-51(39)43)45-31-33-15-12-26-42-46(32-34-16-11-25-41(45)49(34)50(33)42)54(36-19-5-2-6-20-36)44-28-14-24-40-38-22-8-10-30-48(38)56-52(40)44/h1-36H;1-32H. The maximum absolute atomic E-state index is 6.67. The fraction of sp³-hybridized carbons (Fsp3) is 0. The molecule has 0 spiro atoms. The number of hydrogen-bond acceptors (Lipinski definition) is 8. The molecule has 0 amide bonds. The van der Waals surface area contributed by atoms with Gasteiger partial charge in [-0.15, -0.1) is 0 Å². The molecule has 0 bridgehead atoms. The molecule has 4 aromatic heterocycles. The Balaban J connectivity index is 0.000000137. The van der Waals surface area contributed by atoms with Crippen LogP contribution >= 0.6 is 0 Å². The molecule has 8 heteroatoms. The highest BCUT2D eigenvalue weighted by atomic mass is 16.3. The molecule has 544 valence electrons. The Labute approximate surface area is 666 Å². The van der Waals surface area contributed by atoms with E-state index in [9.17, 15) is 0 Å².